The molecular weight excluding hydrogens is 368 g/mol. The summed E-state index contributed by atoms with van der Waals surface area (Å²) in [6, 6.07) is 11.3. The SMILES string of the molecule is Cc1ncccc1OC1CCC(NC(=O)c2ccc(-c3nnn(C)n3)cc2)CC1. The Kier molecular flexibility index (Phi) is 5.50. The van der Waals surface area contributed by atoms with Crippen LogP contribution in [0, 0.1) is 6.92 Å². The first kappa shape index (κ1) is 19.0. The second kappa shape index (κ2) is 8.38. The van der Waals surface area contributed by atoms with E-state index >= 15 is 0 Å². The van der Waals surface area contributed by atoms with Crippen LogP contribution >= 0.6 is 0 Å². The van der Waals surface area contributed by atoms with Crippen LogP contribution in [0.2, 0.25) is 0 Å². The van der Waals surface area contributed by atoms with Gasteiger partial charge in [0.25, 0.3) is 5.91 Å². The van der Waals surface area contributed by atoms with Gasteiger partial charge in [0.05, 0.1) is 18.8 Å². The molecule has 0 saturated heterocycles. The highest BCUT2D eigenvalue weighted by Crippen LogP contribution is 2.25. The Balaban J connectivity index is 1.29. The minimum Gasteiger partial charge on any atom is -0.489 e. The molecule has 3 aromatic rings. The number of amides is 1. The van der Waals surface area contributed by atoms with E-state index in [0.717, 1.165) is 42.7 Å². The van der Waals surface area contributed by atoms with Crippen LogP contribution in [0.25, 0.3) is 11.4 Å². The fourth-order valence-electron chi connectivity index (χ4n) is 3.54. The maximum atomic E-state index is 12.6. The molecule has 2 heterocycles. The van der Waals surface area contributed by atoms with Crippen molar-refractivity contribution in [2.75, 3.05) is 0 Å². The predicted molar refractivity (Wildman–Crippen MR) is 107 cm³/mol. The summed E-state index contributed by atoms with van der Waals surface area (Å²) in [6.07, 6.45) is 5.57. The number of rotatable bonds is 5. The highest BCUT2D eigenvalue weighted by molar-refractivity contribution is 5.94. The topological polar surface area (TPSA) is 94.8 Å². The van der Waals surface area contributed by atoms with Gasteiger partial charge in [-0.25, -0.2) is 0 Å². The van der Waals surface area contributed by atoms with Crippen molar-refractivity contribution < 1.29 is 9.53 Å². The Morgan fingerprint density at radius 1 is 1.14 bits per heavy atom. The van der Waals surface area contributed by atoms with Crippen molar-refractivity contribution in [2.45, 2.75) is 44.8 Å². The molecule has 1 saturated carbocycles. The zero-order valence-electron chi connectivity index (χ0n) is 16.6. The second-order valence-corrected chi connectivity index (χ2v) is 7.33. The van der Waals surface area contributed by atoms with E-state index in [9.17, 15) is 4.79 Å². The maximum absolute atomic E-state index is 12.6. The minimum absolute atomic E-state index is 0.0591. The second-order valence-electron chi connectivity index (χ2n) is 7.33. The Labute approximate surface area is 169 Å². The molecule has 0 spiro atoms. The first-order valence-corrected chi connectivity index (χ1v) is 9.82. The number of hydrogen-bond donors (Lipinski definition) is 1. The summed E-state index contributed by atoms with van der Waals surface area (Å²) in [5, 5.41) is 15.1. The number of aromatic nitrogens is 5. The van der Waals surface area contributed by atoms with E-state index in [0.29, 0.717) is 11.4 Å². The normalized spacial score (nSPS) is 19.0. The van der Waals surface area contributed by atoms with Crippen molar-refractivity contribution in [3.63, 3.8) is 0 Å². The van der Waals surface area contributed by atoms with Crippen LogP contribution in [0.1, 0.15) is 41.7 Å². The van der Waals surface area contributed by atoms with E-state index in [4.69, 9.17) is 4.74 Å². The van der Waals surface area contributed by atoms with Crippen molar-refractivity contribution in [3.8, 4) is 17.1 Å². The van der Waals surface area contributed by atoms with Gasteiger partial charge in [0, 0.05) is 23.4 Å². The molecule has 150 valence electrons. The Morgan fingerprint density at radius 3 is 2.55 bits per heavy atom. The first-order chi connectivity index (χ1) is 14.1. The smallest absolute Gasteiger partial charge is 0.251 e. The number of nitrogens with one attached hydrogen (secondary N) is 1. The number of hydrogen-bond acceptors (Lipinski definition) is 6. The van der Waals surface area contributed by atoms with Crippen LogP contribution in [-0.4, -0.2) is 43.2 Å². The zero-order valence-corrected chi connectivity index (χ0v) is 16.6. The summed E-state index contributed by atoms with van der Waals surface area (Å²) in [4.78, 5) is 18.3. The molecule has 4 rings (SSSR count). The molecule has 1 aliphatic rings. The van der Waals surface area contributed by atoms with Crippen LogP contribution in [0.5, 0.6) is 5.75 Å². The number of nitrogens with zero attached hydrogens (tertiary/aromatic N) is 5. The maximum Gasteiger partial charge on any atom is 0.251 e. The van der Waals surface area contributed by atoms with Gasteiger partial charge in [-0.1, -0.05) is 12.1 Å². The molecule has 1 aromatic carbocycles. The van der Waals surface area contributed by atoms with Crippen molar-refractivity contribution in [3.05, 3.63) is 53.9 Å². The molecule has 8 heteroatoms. The number of ether oxygens (including phenoxy) is 1. The van der Waals surface area contributed by atoms with Crippen LogP contribution < -0.4 is 10.1 Å². The van der Waals surface area contributed by atoms with Gasteiger partial charge in [0.1, 0.15) is 5.75 Å². The fraction of sp³-hybridized carbons (Fsp3) is 0.381. The summed E-state index contributed by atoms with van der Waals surface area (Å²) < 4.78 is 6.09. The third kappa shape index (κ3) is 4.59. The van der Waals surface area contributed by atoms with Gasteiger partial charge in [-0.15, -0.1) is 10.2 Å². The van der Waals surface area contributed by atoms with Gasteiger partial charge < -0.3 is 10.1 Å². The van der Waals surface area contributed by atoms with Crippen LogP contribution in [0.4, 0.5) is 0 Å². The lowest BCUT2D eigenvalue weighted by Gasteiger charge is -2.29. The van der Waals surface area contributed by atoms with Crippen molar-refractivity contribution in [2.24, 2.45) is 7.05 Å². The van der Waals surface area contributed by atoms with Gasteiger partial charge in [-0.3, -0.25) is 9.78 Å². The highest BCUT2D eigenvalue weighted by Gasteiger charge is 2.24. The van der Waals surface area contributed by atoms with E-state index in [1.54, 1.807) is 25.4 Å². The average Bonchev–Trinajstić information content (AvgIpc) is 3.17. The van der Waals surface area contributed by atoms with Crippen LogP contribution in [0.15, 0.2) is 42.6 Å². The molecule has 8 nitrogen and oxygen atoms in total. The molecule has 1 fully saturated rings. The van der Waals surface area contributed by atoms with E-state index in [2.05, 4.69) is 25.7 Å². The molecule has 0 atom stereocenters. The summed E-state index contributed by atoms with van der Waals surface area (Å²) in [6.45, 7) is 1.95. The van der Waals surface area contributed by atoms with E-state index < -0.39 is 0 Å². The largest absolute Gasteiger partial charge is 0.489 e. The number of tetrazole rings is 1. The molecule has 0 unspecified atom stereocenters. The summed E-state index contributed by atoms with van der Waals surface area (Å²) in [5.74, 6) is 1.33. The fourth-order valence-corrected chi connectivity index (χ4v) is 3.54. The van der Waals surface area contributed by atoms with Crippen molar-refractivity contribution >= 4 is 5.91 Å². The molecule has 1 amide bonds. The number of benzene rings is 1. The Bertz CT molecular complexity index is 977. The van der Waals surface area contributed by atoms with E-state index in [-0.39, 0.29) is 18.1 Å². The molecule has 1 aliphatic carbocycles. The first-order valence-electron chi connectivity index (χ1n) is 9.82. The summed E-state index contributed by atoms with van der Waals surface area (Å²) in [7, 11) is 1.72. The van der Waals surface area contributed by atoms with Gasteiger partial charge in [0.15, 0.2) is 0 Å². The van der Waals surface area contributed by atoms with Gasteiger partial charge in [0.2, 0.25) is 5.82 Å². The lowest BCUT2D eigenvalue weighted by atomic mass is 9.92. The van der Waals surface area contributed by atoms with E-state index in [1.807, 2.05) is 31.2 Å². The lowest BCUT2D eigenvalue weighted by Crippen LogP contribution is -2.39. The summed E-state index contributed by atoms with van der Waals surface area (Å²) in [5.41, 5.74) is 2.36. The number of aryl methyl sites for hydroxylation is 2. The molecule has 0 bridgehead atoms. The Morgan fingerprint density at radius 2 is 1.90 bits per heavy atom. The molecule has 0 aliphatic heterocycles. The quantitative estimate of drug-likeness (QED) is 0.717. The third-order valence-electron chi connectivity index (χ3n) is 5.18. The molecule has 0 radical (unpaired) electrons. The monoisotopic (exact) mass is 392 g/mol. The lowest BCUT2D eigenvalue weighted by molar-refractivity contribution is 0.0893. The van der Waals surface area contributed by atoms with Crippen LogP contribution in [-0.2, 0) is 7.05 Å². The van der Waals surface area contributed by atoms with E-state index in [1.165, 1.54) is 4.80 Å². The predicted octanol–water partition coefficient (Wildman–Crippen LogP) is 2.70. The zero-order chi connectivity index (χ0) is 20.2. The molecule has 29 heavy (non-hydrogen) atoms. The molecule has 1 N–H and O–H groups in total. The third-order valence-corrected chi connectivity index (χ3v) is 5.18. The average molecular weight is 392 g/mol. The molecule has 2 aromatic heterocycles. The standard InChI is InChI=1S/C21H24N6O2/c1-14-19(4-3-13-22-14)29-18-11-9-17(10-12-18)23-21(28)16-7-5-15(6-8-16)20-24-26-27(2)25-20/h3-8,13,17-18H,9-12H2,1-2H3,(H,23,28). The number of pyridine rings is 1. The summed E-state index contributed by atoms with van der Waals surface area (Å²) >= 11 is 0. The van der Waals surface area contributed by atoms with Gasteiger partial charge >= 0.3 is 0 Å². The molecular formula is C21H24N6O2. The van der Waals surface area contributed by atoms with Gasteiger partial charge in [-0.2, -0.15) is 4.80 Å². The van der Waals surface area contributed by atoms with Crippen molar-refractivity contribution in [1.82, 2.24) is 30.5 Å². The minimum atomic E-state index is -0.0591. The van der Waals surface area contributed by atoms with Crippen molar-refractivity contribution in [1.29, 1.82) is 0 Å². The highest BCUT2D eigenvalue weighted by atomic mass is 16.5. The van der Waals surface area contributed by atoms with Gasteiger partial charge in [-0.05, 0) is 62.1 Å². The Hall–Kier alpha value is -3.29. The number of carbonyl (C=O) groups is 1. The number of carbonyl (C=O) groups excluding carboxylic acids is 1. The van der Waals surface area contributed by atoms with Crippen LogP contribution in [0.3, 0.4) is 0 Å².